The van der Waals surface area contributed by atoms with Gasteiger partial charge in [0.1, 0.15) is 9.07 Å². The van der Waals surface area contributed by atoms with Crippen LogP contribution in [0.3, 0.4) is 0 Å². The summed E-state index contributed by atoms with van der Waals surface area (Å²) < 4.78 is 26.9. The highest BCUT2D eigenvalue weighted by molar-refractivity contribution is 8.24. The summed E-state index contributed by atoms with van der Waals surface area (Å²) in [5.41, 5.74) is 0.627. The van der Waals surface area contributed by atoms with E-state index >= 15 is 0 Å². The van der Waals surface area contributed by atoms with Gasteiger partial charge >= 0.3 is 0 Å². The molecule has 0 aromatic heterocycles. The van der Waals surface area contributed by atoms with Gasteiger partial charge < -0.3 is 10.1 Å². The van der Waals surface area contributed by atoms with Gasteiger partial charge in [-0.1, -0.05) is 24.0 Å². The first kappa shape index (κ1) is 18.2. The Kier molecular flexibility index (Phi) is 5.05. The van der Waals surface area contributed by atoms with Crippen LogP contribution in [-0.4, -0.2) is 53.6 Å². The number of benzene rings is 1. The Morgan fingerprint density at radius 3 is 2.39 bits per heavy atom. The molecule has 6 nitrogen and oxygen atoms in total. The van der Waals surface area contributed by atoms with Gasteiger partial charge in [0.05, 0.1) is 4.90 Å². The molecule has 0 saturated carbocycles. The predicted octanol–water partition coefficient (Wildman–Crippen LogP) is 1.59. The molecular formula is C14H19N3O3S3. The zero-order valence-electron chi connectivity index (χ0n) is 13.3. The number of sulfonamides is 1. The Morgan fingerprint density at radius 1 is 1.39 bits per heavy atom. The Labute approximate surface area is 146 Å². The third-order valence-corrected chi connectivity index (χ3v) is 6.77. The maximum atomic E-state index is 12.5. The molecule has 0 bridgehead atoms. The Morgan fingerprint density at radius 2 is 1.96 bits per heavy atom. The van der Waals surface area contributed by atoms with E-state index in [-0.39, 0.29) is 9.64 Å². The number of hydrogen-bond donors (Lipinski definition) is 1. The highest BCUT2D eigenvalue weighted by atomic mass is 32.2. The minimum atomic E-state index is -3.48. The average molecular weight is 374 g/mol. The molecule has 0 radical (unpaired) electrons. The summed E-state index contributed by atoms with van der Waals surface area (Å²) in [6.45, 7) is 3.94. The normalized spacial score (nSPS) is 21.7. The predicted molar refractivity (Wildman–Crippen MR) is 97.3 cm³/mol. The van der Waals surface area contributed by atoms with E-state index in [0.29, 0.717) is 9.88 Å². The number of nitrogens with one attached hydrogen (secondary N) is 1. The molecule has 1 aromatic carbocycles. The monoisotopic (exact) mass is 373 g/mol. The van der Waals surface area contributed by atoms with Gasteiger partial charge in [-0.15, -0.1) is 0 Å². The molecule has 1 fully saturated rings. The summed E-state index contributed by atoms with van der Waals surface area (Å²) in [6, 6.07) is 6.13. The van der Waals surface area contributed by atoms with Crippen molar-refractivity contribution in [3.8, 4) is 0 Å². The molecule has 1 aromatic rings. The van der Waals surface area contributed by atoms with Gasteiger partial charge in [0.25, 0.3) is 6.17 Å². The van der Waals surface area contributed by atoms with Crippen LogP contribution in [0.1, 0.15) is 19.4 Å². The summed E-state index contributed by atoms with van der Waals surface area (Å²) in [7, 11) is -0.322. The van der Waals surface area contributed by atoms with Crippen LogP contribution in [-0.2, 0) is 10.0 Å². The van der Waals surface area contributed by atoms with E-state index in [9.17, 15) is 13.6 Å². The van der Waals surface area contributed by atoms with E-state index in [2.05, 4.69) is 4.72 Å². The van der Waals surface area contributed by atoms with Gasteiger partial charge in [0.15, 0.2) is 6.21 Å². The number of hydroxylamine groups is 1. The van der Waals surface area contributed by atoms with Crippen molar-refractivity contribution in [1.29, 1.82) is 0 Å². The first-order valence-corrected chi connectivity index (χ1v) is 9.59. The standard InChI is InChI=1S/C14H19N3O3S3/c1-14(2)12(16(4)13(21)22-14)17(18)9-10-5-7-11(8-6-10)23(19,20)15-3/h5-9,12,15H,1-4H3. The van der Waals surface area contributed by atoms with E-state index in [1.54, 1.807) is 24.1 Å². The molecule has 0 amide bonds. The van der Waals surface area contributed by atoms with Gasteiger partial charge in [-0.25, -0.2) is 13.1 Å². The minimum absolute atomic E-state index is 0.157. The van der Waals surface area contributed by atoms with Gasteiger partial charge in [-0.05, 0) is 45.2 Å². The number of thiocarbonyl (C=S) groups is 1. The van der Waals surface area contributed by atoms with Crippen LogP contribution in [0.2, 0.25) is 0 Å². The van der Waals surface area contributed by atoms with Gasteiger partial charge in [0, 0.05) is 12.6 Å². The van der Waals surface area contributed by atoms with Crippen molar-refractivity contribution in [1.82, 2.24) is 9.62 Å². The van der Waals surface area contributed by atoms with Crippen LogP contribution in [0.15, 0.2) is 29.2 Å². The summed E-state index contributed by atoms with van der Waals surface area (Å²) in [6.07, 6.45) is 1.04. The van der Waals surface area contributed by atoms with Crippen molar-refractivity contribution >= 4 is 44.5 Å². The lowest BCUT2D eigenvalue weighted by atomic mass is 10.1. The van der Waals surface area contributed by atoms with E-state index < -0.39 is 16.2 Å². The maximum Gasteiger partial charge on any atom is 0.254 e. The first-order valence-electron chi connectivity index (χ1n) is 6.88. The quantitative estimate of drug-likeness (QED) is 0.284. The van der Waals surface area contributed by atoms with Crippen LogP contribution in [0, 0.1) is 5.21 Å². The Bertz CT molecular complexity index is 742. The van der Waals surface area contributed by atoms with Gasteiger partial charge in [-0.3, -0.25) is 0 Å². The molecule has 1 heterocycles. The molecule has 23 heavy (non-hydrogen) atoms. The second-order valence-corrected chi connectivity index (χ2v) is 9.90. The molecule has 1 N–H and O–H groups in total. The lowest BCUT2D eigenvalue weighted by molar-refractivity contribution is -0.522. The SMILES string of the molecule is CNS(=O)(=O)c1ccc(C=[N+]([O-])C2N(C)C(=S)SC2(C)C)cc1. The van der Waals surface area contributed by atoms with Crippen LogP contribution in [0.25, 0.3) is 0 Å². The smallest absolute Gasteiger partial charge is 0.254 e. The highest BCUT2D eigenvalue weighted by Gasteiger charge is 2.48. The fraction of sp³-hybridized carbons (Fsp3) is 0.429. The van der Waals surface area contributed by atoms with Crippen LogP contribution in [0.4, 0.5) is 0 Å². The minimum Gasteiger partial charge on any atom is -0.622 e. The Balaban J connectivity index is 2.30. The molecule has 1 aliphatic rings. The fourth-order valence-electron chi connectivity index (χ4n) is 2.46. The molecule has 2 rings (SSSR count). The van der Waals surface area contributed by atoms with E-state index in [0.717, 1.165) is 4.74 Å². The molecule has 0 aliphatic carbocycles. The molecule has 1 saturated heterocycles. The van der Waals surface area contributed by atoms with Crippen LogP contribution in [0.5, 0.6) is 0 Å². The second-order valence-electron chi connectivity index (χ2n) is 5.72. The van der Waals surface area contributed by atoms with Crippen molar-refractivity contribution < 1.29 is 13.2 Å². The summed E-state index contributed by atoms with van der Waals surface area (Å²) in [5, 5.41) is 12.5. The number of thioether (sulfide) groups is 1. The van der Waals surface area contributed by atoms with Gasteiger partial charge in [-0.2, -0.15) is 4.74 Å². The first-order chi connectivity index (χ1) is 10.6. The lowest BCUT2D eigenvalue weighted by Crippen LogP contribution is -2.46. The molecule has 1 atom stereocenters. The zero-order chi connectivity index (χ0) is 17.4. The van der Waals surface area contributed by atoms with Crippen molar-refractivity contribution in [3.05, 3.63) is 35.0 Å². The molecular weight excluding hydrogens is 354 g/mol. The van der Waals surface area contributed by atoms with E-state index in [1.165, 1.54) is 37.2 Å². The molecule has 9 heteroatoms. The van der Waals surface area contributed by atoms with E-state index in [1.807, 2.05) is 13.8 Å². The van der Waals surface area contributed by atoms with Crippen molar-refractivity contribution in [3.63, 3.8) is 0 Å². The highest BCUT2D eigenvalue weighted by Crippen LogP contribution is 2.40. The zero-order valence-corrected chi connectivity index (χ0v) is 15.8. The maximum absolute atomic E-state index is 12.5. The van der Waals surface area contributed by atoms with Crippen molar-refractivity contribution in [2.75, 3.05) is 14.1 Å². The summed E-state index contributed by atoms with van der Waals surface area (Å²) >= 11 is 6.75. The van der Waals surface area contributed by atoms with Crippen molar-refractivity contribution in [2.24, 2.45) is 0 Å². The molecule has 0 spiro atoms. The second kappa shape index (κ2) is 6.39. The fourth-order valence-corrected chi connectivity index (χ4v) is 5.00. The number of hydrogen-bond acceptors (Lipinski definition) is 5. The van der Waals surface area contributed by atoms with Crippen molar-refractivity contribution in [2.45, 2.75) is 29.7 Å². The van der Waals surface area contributed by atoms with Gasteiger partial charge in [0.2, 0.25) is 10.0 Å². The van der Waals surface area contributed by atoms with Crippen LogP contribution < -0.4 is 4.72 Å². The summed E-state index contributed by atoms with van der Waals surface area (Å²) in [4.78, 5) is 1.94. The average Bonchev–Trinajstić information content (AvgIpc) is 2.67. The lowest BCUT2D eigenvalue weighted by Gasteiger charge is -2.27. The van der Waals surface area contributed by atoms with E-state index in [4.69, 9.17) is 12.2 Å². The topological polar surface area (TPSA) is 75.5 Å². The Hall–Kier alpha value is -1.16. The number of rotatable bonds is 4. The molecule has 1 aliphatic heterocycles. The molecule has 126 valence electrons. The number of nitrogens with zero attached hydrogens (tertiary/aromatic N) is 2. The largest absolute Gasteiger partial charge is 0.622 e. The summed E-state index contributed by atoms with van der Waals surface area (Å²) in [5.74, 6) is 0. The third-order valence-electron chi connectivity index (χ3n) is 3.60. The third kappa shape index (κ3) is 3.68. The molecule has 1 unspecified atom stereocenters. The van der Waals surface area contributed by atoms with Crippen LogP contribution >= 0.6 is 24.0 Å².